The Morgan fingerprint density at radius 1 is 1.38 bits per heavy atom. The van der Waals surface area contributed by atoms with Crippen LogP contribution in [0.5, 0.6) is 0 Å². The highest BCUT2D eigenvalue weighted by molar-refractivity contribution is 6.44. The average molecular weight is 327 g/mol. The summed E-state index contributed by atoms with van der Waals surface area (Å²) < 4.78 is 5.44. The Morgan fingerprint density at radius 3 is 3.00 bits per heavy atom. The van der Waals surface area contributed by atoms with Crippen molar-refractivity contribution in [2.75, 3.05) is 11.9 Å². The van der Waals surface area contributed by atoms with E-state index in [-0.39, 0.29) is 22.6 Å². The summed E-state index contributed by atoms with van der Waals surface area (Å²) >= 11 is 11.9. The topological polar surface area (TPSA) is 80.0 Å². The van der Waals surface area contributed by atoms with Gasteiger partial charge in [-0.25, -0.2) is 0 Å². The number of anilines is 1. The van der Waals surface area contributed by atoms with Crippen molar-refractivity contribution in [3.8, 4) is 0 Å². The fourth-order valence-electron chi connectivity index (χ4n) is 2.16. The number of carbonyl (C=O) groups is 1. The highest BCUT2D eigenvalue weighted by Gasteiger charge is 2.23. The third-order valence-electron chi connectivity index (χ3n) is 3.22. The largest absolute Gasteiger partial charge is 0.406 e. The summed E-state index contributed by atoms with van der Waals surface area (Å²) in [5, 5.41) is 14.0. The molecule has 8 heteroatoms. The fraction of sp³-hybridized carbons (Fsp3) is 0.308. The van der Waals surface area contributed by atoms with Gasteiger partial charge in [-0.3, -0.25) is 10.1 Å². The molecular weight excluding hydrogens is 315 g/mol. The van der Waals surface area contributed by atoms with Gasteiger partial charge >= 0.3 is 6.01 Å². The zero-order valence-corrected chi connectivity index (χ0v) is 12.4. The van der Waals surface area contributed by atoms with E-state index in [9.17, 15) is 4.79 Å². The lowest BCUT2D eigenvalue weighted by Crippen LogP contribution is -2.13. The normalized spacial score (nSPS) is 17.9. The minimum absolute atomic E-state index is 0.0414. The van der Waals surface area contributed by atoms with Crippen LogP contribution in [0.2, 0.25) is 10.0 Å². The van der Waals surface area contributed by atoms with Gasteiger partial charge in [0.05, 0.1) is 21.7 Å². The van der Waals surface area contributed by atoms with Gasteiger partial charge in [-0.15, -0.1) is 5.10 Å². The number of rotatable bonds is 3. The second-order valence-electron chi connectivity index (χ2n) is 4.65. The van der Waals surface area contributed by atoms with E-state index >= 15 is 0 Å². The summed E-state index contributed by atoms with van der Waals surface area (Å²) in [6, 6.07) is 4.92. The van der Waals surface area contributed by atoms with Crippen LogP contribution < -0.4 is 10.6 Å². The van der Waals surface area contributed by atoms with E-state index in [1.165, 1.54) is 0 Å². The smallest absolute Gasteiger partial charge is 0.322 e. The molecule has 2 aromatic rings. The molecule has 21 heavy (non-hydrogen) atoms. The van der Waals surface area contributed by atoms with E-state index < -0.39 is 5.91 Å². The van der Waals surface area contributed by atoms with E-state index in [1.54, 1.807) is 18.2 Å². The second kappa shape index (κ2) is 6.01. The number of carbonyl (C=O) groups excluding carboxylic acids is 1. The molecule has 1 unspecified atom stereocenters. The van der Waals surface area contributed by atoms with E-state index in [2.05, 4.69) is 20.8 Å². The van der Waals surface area contributed by atoms with Crippen molar-refractivity contribution in [3.63, 3.8) is 0 Å². The minimum atomic E-state index is -0.447. The Morgan fingerprint density at radius 2 is 2.24 bits per heavy atom. The monoisotopic (exact) mass is 326 g/mol. The third kappa shape index (κ3) is 3.02. The molecule has 2 heterocycles. The van der Waals surface area contributed by atoms with Crippen LogP contribution in [-0.2, 0) is 0 Å². The maximum atomic E-state index is 12.1. The van der Waals surface area contributed by atoms with Crippen LogP contribution in [0.4, 0.5) is 6.01 Å². The first-order valence-corrected chi connectivity index (χ1v) is 7.23. The molecule has 0 bridgehead atoms. The molecule has 3 rings (SSSR count). The number of nitrogens with zero attached hydrogens (tertiary/aromatic N) is 2. The molecule has 110 valence electrons. The van der Waals surface area contributed by atoms with Crippen LogP contribution in [0.1, 0.15) is 35.1 Å². The van der Waals surface area contributed by atoms with E-state index in [0.29, 0.717) is 10.9 Å². The first-order chi connectivity index (χ1) is 10.1. The lowest BCUT2D eigenvalue weighted by Gasteiger charge is -2.05. The number of aromatic nitrogens is 2. The molecule has 0 aliphatic carbocycles. The average Bonchev–Trinajstić information content (AvgIpc) is 3.12. The van der Waals surface area contributed by atoms with E-state index in [1.807, 2.05) is 0 Å². The highest BCUT2D eigenvalue weighted by Crippen LogP contribution is 2.27. The zero-order chi connectivity index (χ0) is 14.8. The fourth-order valence-corrected chi connectivity index (χ4v) is 2.55. The molecule has 1 amide bonds. The van der Waals surface area contributed by atoms with Crippen molar-refractivity contribution in [2.45, 2.75) is 18.9 Å². The lowest BCUT2D eigenvalue weighted by atomic mass is 10.2. The van der Waals surface area contributed by atoms with Gasteiger partial charge < -0.3 is 9.73 Å². The van der Waals surface area contributed by atoms with Crippen LogP contribution in [0.3, 0.4) is 0 Å². The molecular formula is C13H12Cl2N4O2. The Balaban J connectivity index is 1.74. The summed E-state index contributed by atoms with van der Waals surface area (Å²) in [6.07, 6.45) is 2.00. The molecule has 1 fully saturated rings. The van der Waals surface area contributed by atoms with Crippen molar-refractivity contribution in [2.24, 2.45) is 0 Å². The standard InChI is InChI=1S/C13H12Cl2N4O2/c14-8-4-1-3-7(10(8)15)11(20)17-13-19-18-12(21-13)9-5-2-6-16-9/h1,3-4,9,16H,2,5-6H2,(H,17,19,20). The van der Waals surface area contributed by atoms with Gasteiger partial charge in [-0.2, -0.15) is 0 Å². The van der Waals surface area contributed by atoms with Crippen molar-refractivity contribution in [1.82, 2.24) is 15.5 Å². The molecule has 1 atom stereocenters. The van der Waals surface area contributed by atoms with Gasteiger partial charge in [-0.05, 0) is 31.5 Å². The number of halogens is 2. The van der Waals surface area contributed by atoms with Gasteiger partial charge in [-0.1, -0.05) is 34.4 Å². The number of benzene rings is 1. The molecule has 2 N–H and O–H groups in total. The molecule has 1 saturated heterocycles. The molecule has 0 saturated carbocycles. The highest BCUT2D eigenvalue weighted by atomic mass is 35.5. The van der Waals surface area contributed by atoms with Crippen LogP contribution in [0.25, 0.3) is 0 Å². The van der Waals surface area contributed by atoms with Gasteiger partial charge in [0, 0.05) is 0 Å². The summed E-state index contributed by atoms with van der Waals surface area (Å²) in [5.74, 6) is 0.0251. The van der Waals surface area contributed by atoms with Gasteiger partial charge in [0.25, 0.3) is 5.91 Å². The summed E-state index contributed by atoms with van der Waals surface area (Å²) in [5.41, 5.74) is 0.253. The molecule has 1 aromatic heterocycles. The van der Waals surface area contributed by atoms with Gasteiger partial charge in [0.1, 0.15) is 0 Å². The third-order valence-corrected chi connectivity index (χ3v) is 4.03. The SMILES string of the molecule is O=C(Nc1nnc(C2CCCN2)o1)c1cccc(Cl)c1Cl. The Bertz CT molecular complexity index is 668. The van der Waals surface area contributed by atoms with Crippen LogP contribution >= 0.6 is 23.2 Å². The predicted molar refractivity (Wildman–Crippen MR) is 78.7 cm³/mol. The predicted octanol–water partition coefficient (Wildman–Crippen LogP) is 3.05. The first-order valence-electron chi connectivity index (χ1n) is 6.47. The van der Waals surface area contributed by atoms with E-state index in [4.69, 9.17) is 27.6 Å². The summed E-state index contributed by atoms with van der Waals surface area (Å²) in [6.45, 7) is 0.923. The lowest BCUT2D eigenvalue weighted by molar-refractivity contribution is 0.102. The van der Waals surface area contributed by atoms with Crippen molar-refractivity contribution in [1.29, 1.82) is 0 Å². The number of hydrogen-bond acceptors (Lipinski definition) is 5. The number of amides is 1. The van der Waals surface area contributed by atoms with E-state index in [0.717, 1.165) is 19.4 Å². The minimum Gasteiger partial charge on any atom is -0.406 e. The number of hydrogen-bond donors (Lipinski definition) is 2. The van der Waals surface area contributed by atoms with Crippen molar-refractivity contribution in [3.05, 3.63) is 39.7 Å². The Labute approximate surface area is 130 Å². The number of nitrogens with one attached hydrogen (secondary N) is 2. The molecule has 6 nitrogen and oxygen atoms in total. The molecule has 0 spiro atoms. The Hall–Kier alpha value is -1.63. The molecule has 0 radical (unpaired) electrons. The van der Waals surface area contributed by atoms with Crippen LogP contribution in [-0.4, -0.2) is 22.6 Å². The maximum Gasteiger partial charge on any atom is 0.322 e. The zero-order valence-electron chi connectivity index (χ0n) is 10.9. The summed E-state index contributed by atoms with van der Waals surface area (Å²) in [7, 11) is 0. The van der Waals surface area contributed by atoms with Crippen LogP contribution in [0.15, 0.2) is 22.6 Å². The second-order valence-corrected chi connectivity index (χ2v) is 5.44. The molecule has 1 aliphatic rings. The summed E-state index contributed by atoms with van der Waals surface area (Å²) in [4.78, 5) is 12.1. The molecule has 1 aromatic carbocycles. The quantitative estimate of drug-likeness (QED) is 0.906. The maximum absolute atomic E-state index is 12.1. The van der Waals surface area contributed by atoms with Gasteiger partial charge in [0.15, 0.2) is 0 Å². The molecule has 1 aliphatic heterocycles. The first kappa shape index (κ1) is 14.3. The Kier molecular flexibility index (Phi) is 4.10. The van der Waals surface area contributed by atoms with Gasteiger partial charge in [0.2, 0.25) is 5.89 Å². The van der Waals surface area contributed by atoms with Crippen molar-refractivity contribution < 1.29 is 9.21 Å². The van der Waals surface area contributed by atoms with Crippen LogP contribution in [0, 0.1) is 0 Å². The van der Waals surface area contributed by atoms with Crippen molar-refractivity contribution >= 4 is 35.1 Å².